The van der Waals surface area contributed by atoms with E-state index in [-0.39, 0.29) is 5.91 Å². The Bertz CT molecular complexity index is 432. The van der Waals surface area contributed by atoms with Crippen LogP contribution in [0, 0.1) is 11.8 Å². The van der Waals surface area contributed by atoms with E-state index in [2.05, 4.69) is 22.8 Å². The van der Waals surface area contributed by atoms with Gasteiger partial charge in [0.15, 0.2) is 0 Å². The van der Waals surface area contributed by atoms with Gasteiger partial charge in [0.2, 0.25) is 5.91 Å². The van der Waals surface area contributed by atoms with Crippen LogP contribution in [0.3, 0.4) is 0 Å². The number of benzene rings is 1. The molecule has 3 nitrogen and oxygen atoms in total. The fourth-order valence-electron chi connectivity index (χ4n) is 3.60. The van der Waals surface area contributed by atoms with Crippen LogP contribution in [0.25, 0.3) is 0 Å². The Morgan fingerprint density at radius 2 is 2.00 bits per heavy atom. The van der Waals surface area contributed by atoms with Crippen LogP contribution in [0.1, 0.15) is 31.2 Å². The van der Waals surface area contributed by atoms with Crippen LogP contribution in [0.5, 0.6) is 0 Å². The van der Waals surface area contributed by atoms with Crippen LogP contribution >= 0.6 is 0 Å². The quantitative estimate of drug-likeness (QED) is 0.849. The number of hydrogen-bond donors (Lipinski definition) is 2. The molecule has 102 valence electrons. The number of carbonyl (C=O) groups excluding carboxylic acids is 1. The van der Waals surface area contributed by atoms with Gasteiger partial charge in [0.1, 0.15) is 0 Å². The summed E-state index contributed by atoms with van der Waals surface area (Å²) in [5, 5.41) is 6.40. The van der Waals surface area contributed by atoms with Crippen molar-refractivity contribution in [1.82, 2.24) is 10.6 Å². The van der Waals surface area contributed by atoms with E-state index in [9.17, 15) is 4.79 Å². The third-order valence-electron chi connectivity index (χ3n) is 4.54. The smallest absolute Gasteiger partial charge is 0.234 e. The Kier molecular flexibility index (Phi) is 3.83. The molecule has 3 heteroatoms. The van der Waals surface area contributed by atoms with Gasteiger partial charge in [0.05, 0.1) is 6.54 Å². The van der Waals surface area contributed by atoms with Gasteiger partial charge in [-0.3, -0.25) is 4.79 Å². The maximum absolute atomic E-state index is 11.9. The maximum atomic E-state index is 11.9. The lowest BCUT2D eigenvalue weighted by Crippen LogP contribution is -2.42. The molecule has 0 aromatic heterocycles. The maximum Gasteiger partial charge on any atom is 0.234 e. The lowest BCUT2D eigenvalue weighted by Gasteiger charge is -2.22. The number of rotatable bonds is 5. The van der Waals surface area contributed by atoms with Crippen LogP contribution in [0.4, 0.5) is 0 Å². The van der Waals surface area contributed by atoms with E-state index in [1.54, 1.807) is 0 Å². The van der Waals surface area contributed by atoms with Gasteiger partial charge in [-0.05, 0) is 36.7 Å². The third-order valence-corrected chi connectivity index (χ3v) is 4.54. The van der Waals surface area contributed by atoms with Gasteiger partial charge in [-0.1, -0.05) is 36.8 Å². The molecule has 0 spiro atoms. The zero-order valence-electron chi connectivity index (χ0n) is 11.3. The van der Waals surface area contributed by atoms with Crippen molar-refractivity contribution < 1.29 is 4.79 Å². The van der Waals surface area contributed by atoms with Gasteiger partial charge in [0, 0.05) is 12.6 Å². The van der Waals surface area contributed by atoms with Crippen LogP contribution in [-0.2, 0) is 11.3 Å². The van der Waals surface area contributed by atoms with Crippen molar-refractivity contribution in [2.24, 2.45) is 11.8 Å². The highest BCUT2D eigenvalue weighted by molar-refractivity contribution is 5.78. The summed E-state index contributed by atoms with van der Waals surface area (Å²) in [6, 6.07) is 10.6. The molecule has 2 aliphatic rings. The topological polar surface area (TPSA) is 41.1 Å². The fourth-order valence-corrected chi connectivity index (χ4v) is 3.60. The first-order valence-corrected chi connectivity index (χ1v) is 7.35. The Hall–Kier alpha value is -1.35. The second-order valence-electron chi connectivity index (χ2n) is 5.94. The summed E-state index contributed by atoms with van der Waals surface area (Å²) in [5.74, 6) is 1.78. The minimum absolute atomic E-state index is 0.147. The number of amides is 1. The van der Waals surface area contributed by atoms with Gasteiger partial charge in [-0.25, -0.2) is 0 Å². The molecule has 3 atom stereocenters. The molecule has 0 heterocycles. The van der Waals surface area contributed by atoms with Gasteiger partial charge < -0.3 is 10.6 Å². The van der Waals surface area contributed by atoms with E-state index < -0.39 is 0 Å². The van der Waals surface area contributed by atoms with Gasteiger partial charge >= 0.3 is 0 Å². The van der Waals surface area contributed by atoms with Crippen molar-refractivity contribution in [2.45, 2.75) is 38.3 Å². The SMILES string of the molecule is O=C(CNCc1ccccc1)NC1CC2CCC1C2. The van der Waals surface area contributed by atoms with Crippen molar-refractivity contribution in [1.29, 1.82) is 0 Å². The molecule has 1 aromatic carbocycles. The lowest BCUT2D eigenvalue weighted by atomic mass is 9.95. The summed E-state index contributed by atoms with van der Waals surface area (Å²) >= 11 is 0. The molecule has 0 saturated heterocycles. The fraction of sp³-hybridized carbons (Fsp3) is 0.562. The first kappa shape index (κ1) is 12.7. The average Bonchev–Trinajstić information content (AvgIpc) is 3.02. The highest BCUT2D eigenvalue weighted by atomic mass is 16.2. The molecule has 2 aliphatic carbocycles. The number of carbonyl (C=O) groups is 1. The third kappa shape index (κ3) is 3.16. The van der Waals surface area contributed by atoms with E-state index in [1.165, 1.54) is 31.2 Å². The zero-order chi connectivity index (χ0) is 13.1. The highest BCUT2D eigenvalue weighted by Crippen LogP contribution is 2.44. The van der Waals surface area contributed by atoms with E-state index in [0.717, 1.165) is 18.4 Å². The van der Waals surface area contributed by atoms with Crippen molar-refractivity contribution >= 4 is 5.91 Å². The van der Waals surface area contributed by atoms with Crippen molar-refractivity contribution in [3.8, 4) is 0 Å². The summed E-state index contributed by atoms with van der Waals surface area (Å²) in [6.45, 7) is 1.17. The molecule has 1 amide bonds. The van der Waals surface area contributed by atoms with Crippen molar-refractivity contribution in [3.63, 3.8) is 0 Å². The molecule has 19 heavy (non-hydrogen) atoms. The van der Waals surface area contributed by atoms with E-state index in [1.807, 2.05) is 18.2 Å². The normalized spacial score (nSPS) is 28.5. The molecule has 2 N–H and O–H groups in total. The summed E-state index contributed by atoms with van der Waals surface area (Å²) in [4.78, 5) is 11.9. The predicted molar refractivity (Wildman–Crippen MR) is 75.5 cm³/mol. The Balaban J connectivity index is 1.38. The van der Waals surface area contributed by atoms with Crippen molar-refractivity contribution in [3.05, 3.63) is 35.9 Å². The predicted octanol–water partition coefficient (Wildman–Crippen LogP) is 2.08. The molecule has 3 rings (SSSR count). The molecular formula is C16H22N2O. The second-order valence-corrected chi connectivity index (χ2v) is 5.94. The molecule has 2 bridgehead atoms. The Morgan fingerprint density at radius 3 is 2.68 bits per heavy atom. The van der Waals surface area contributed by atoms with Crippen LogP contribution in [-0.4, -0.2) is 18.5 Å². The zero-order valence-corrected chi connectivity index (χ0v) is 11.3. The standard InChI is InChI=1S/C16H22N2O/c19-16(11-17-10-12-4-2-1-3-5-12)18-15-9-13-6-7-14(15)8-13/h1-5,13-15,17H,6-11H2,(H,18,19). The highest BCUT2D eigenvalue weighted by Gasteiger charge is 2.39. The number of nitrogens with one attached hydrogen (secondary N) is 2. The molecule has 1 aromatic rings. The molecule has 3 unspecified atom stereocenters. The minimum atomic E-state index is 0.147. The van der Waals surface area contributed by atoms with Crippen LogP contribution < -0.4 is 10.6 Å². The molecule has 2 fully saturated rings. The van der Waals surface area contributed by atoms with E-state index >= 15 is 0 Å². The summed E-state index contributed by atoms with van der Waals surface area (Å²) in [7, 11) is 0. The van der Waals surface area contributed by atoms with E-state index in [4.69, 9.17) is 0 Å². The molecular weight excluding hydrogens is 236 g/mol. The number of fused-ring (bicyclic) bond motifs is 2. The second kappa shape index (κ2) is 5.74. The Morgan fingerprint density at radius 1 is 1.16 bits per heavy atom. The molecule has 0 aliphatic heterocycles. The summed E-state index contributed by atoms with van der Waals surface area (Å²) in [5.41, 5.74) is 1.22. The monoisotopic (exact) mass is 258 g/mol. The minimum Gasteiger partial charge on any atom is -0.352 e. The first-order valence-electron chi connectivity index (χ1n) is 7.35. The van der Waals surface area contributed by atoms with Gasteiger partial charge in [0.25, 0.3) is 0 Å². The summed E-state index contributed by atoms with van der Waals surface area (Å²) < 4.78 is 0. The average molecular weight is 258 g/mol. The molecule has 0 radical (unpaired) electrons. The largest absolute Gasteiger partial charge is 0.352 e. The Labute approximate surface area is 114 Å². The van der Waals surface area contributed by atoms with Gasteiger partial charge in [-0.2, -0.15) is 0 Å². The summed E-state index contributed by atoms with van der Waals surface area (Å²) in [6.07, 6.45) is 5.23. The van der Waals surface area contributed by atoms with Crippen molar-refractivity contribution in [2.75, 3.05) is 6.54 Å². The number of hydrogen-bond acceptors (Lipinski definition) is 2. The lowest BCUT2D eigenvalue weighted by molar-refractivity contribution is -0.121. The van der Waals surface area contributed by atoms with Crippen LogP contribution in [0.15, 0.2) is 30.3 Å². The van der Waals surface area contributed by atoms with E-state index in [0.29, 0.717) is 12.6 Å². The van der Waals surface area contributed by atoms with Gasteiger partial charge in [-0.15, -0.1) is 0 Å². The molecule has 2 saturated carbocycles. The van der Waals surface area contributed by atoms with Crippen LogP contribution in [0.2, 0.25) is 0 Å². The first-order chi connectivity index (χ1) is 9.31.